The van der Waals surface area contributed by atoms with Gasteiger partial charge in [-0.25, -0.2) is 0 Å². The van der Waals surface area contributed by atoms with Crippen molar-refractivity contribution < 1.29 is 19.4 Å². The van der Waals surface area contributed by atoms with E-state index in [-0.39, 0.29) is 11.8 Å². The van der Waals surface area contributed by atoms with Crippen LogP contribution in [0, 0.1) is 5.92 Å². The molecule has 2 aliphatic heterocycles. The number of hydrogen-bond acceptors (Lipinski definition) is 4. The molecular formula is C17H21NO4. The van der Waals surface area contributed by atoms with E-state index in [0.29, 0.717) is 32.0 Å². The van der Waals surface area contributed by atoms with Crippen LogP contribution in [0.2, 0.25) is 0 Å². The third kappa shape index (κ3) is 2.24. The molecule has 1 saturated carbocycles. The van der Waals surface area contributed by atoms with Gasteiger partial charge in [-0.05, 0) is 18.9 Å². The smallest absolute Gasteiger partial charge is 0.223 e. The molecular weight excluding hydrogens is 282 g/mol. The zero-order valence-corrected chi connectivity index (χ0v) is 12.7. The number of likely N-dealkylation sites (tertiary alicyclic amines) is 1. The van der Waals surface area contributed by atoms with Crippen molar-refractivity contribution in [2.75, 3.05) is 26.8 Å². The fourth-order valence-corrected chi connectivity index (χ4v) is 3.71. The number of ether oxygens (including phenoxy) is 2. The minimum absolute atomic E-state index is 0.119. The maximum absolute atomic E-state index is 12.5. The van der Waals surface area contributed by atoms with Gasteiger partial charge in [0.1, 0.15) is 11.5 Å². The van der Waals surface area contributed by atoms with Crippen LogP contribution in [0.5, 0.6) is 11.5 Å². The van der Waals surface area contributed by atoms with Gasteiger partial charge in [-0.15, -0.1) is 0 Å². The molecule has 22 heavy (non-hydrogen) atoms. The van der Waals surface area contributed by atoms with Crippen molar-refractivity contribution in [2.45, 2.75) is 30.8 Å². The van der Waals surface area contributed by atoms with E-state index >= 15 is 0 Å². The molecule has 0 aromatic heterocycles. The van der Waals surface area contributed by atoms with Gasteiger partial charge in [0.25, 0.3) is 0 Å². The second kappa shape index (κ2) is 4.88. The van der Waals surface area contributed by atoms with Crippen LogP contribution in [-0.4, -0.2) is 48.3 Å². The molecule has 4 rings (SSSR count). The van der Waals surface area contributed by atoms with Crippen LogP contribution < -0.4 is 9.47 Å². The van der Waals surface area contributed by atoms with E-state index in [4.69, 9.17) is 9.47 Å². The van der Waals surface area contributed by atoms with Gasteiger partial charge in [0.2, 0.25) is 5.91 Å². The summed E-state index contributed by atoms with van der Waals surface area (Å²) in [5.74, 6) is 2.18. The Hall–Kier alpha value is -1.75. The molecule has 1 aliphatic carbocycles. The SMILES string of the molecule is COc1ccc2c(c1)OCC2CC(=O)N1CC[C@@]2(O)C[C@H]2C1. The molecule has 5 heteroatoms. The Balaban J connectivity index is 1.42. The van der Waals surface area contributed by atoms with Gasteiger partial charge < -0.3 is 19.5 Å². The molecule has 2 heterocycles. The van der Waals surface area contributed by atoms with Crippen LogP contribution in [0.1, 0.15) is 30.7 Å². The lowest BCUT2D eigenvalue weighted by Crippen LogP contribution is -2.41. The minimum atomic E-state index is -0.462. The van der Waals surface area contributed by atoms with E-state index in [0.717, 1.165) is 29.9 Å². The lowest BCUT2D eigenvalue weighted by molar-refractivity contribution is -0.133. The topological polar surface area (TPSA) is 59.0 Å². The van der Waals surface area contributed by atoms with Crippen LogP contribution in [0.4, 0.5) is 0 Å². The number of carbonyl (C=O) groups excluding carboxylic acids is 1. The molecule has 5 nitrogen and oxygen atoms in total. The molecule has 1 saturated heterocycles. The summed E-state index contributed by atoms with van der Waals surface area (Å²) >= 11 is 0. The second-order valence-electron chi connectivity index (χ2n) is 6.71. The molecule has 0 radical (unpaired) electrons. The highest BCUT2D eigenvalue weighted by atomic mass is 16.5. The number of aliphatic hydroxyl groups is 1. The van der Waals surface area contributed by atoms with Gasteiger partial charge >= 0.3 is 0 Å². The summed E-state index contributed by atoms with van der Waals surface area (Å²) < 4.78 is 10.9. The summed E-state index contributed by atoms with van der Waals surface area (Å²) in [5, 5.41) is 10.0. The van der Waals surface area contributed by atoms with E-state index in [1.54, 1.807) is 7.11 Å². The van der Waals surface area contributed by atoms with Gasteiger partial charge in [0.05, 0.1) is 19.3 Å². The number of methoxy groups -OCH3 is 1. The molecule has 2 fully saturated rings. The van der Waals surface area contributed by atoms with E-state index in [9.17, 15) is 9.90 Å². The Morgan fingerprint density at radius 2 is 2.41 bits per heavy atom. The number of amides is 1. The Labute approximate surface area is 129 Å². The number of hydrogen-bond donors (Lipinski definition) is 1. The van der Waals surface area contributed by atoms with Crippen molar-refractivity contribution >= 4 is 5.91 Å². The minimum Gasteiger partial charge on any atom is -0.497 e. The standard InChI is InChI=1S/C17H21NO4/c1-21-13-2-3-14-11(10-22-15(14)7-13)6-16(19)18-5-4-17(20)8-12(17)9-18/h2-3,7,11-12,20H,4-6,8-10H2,1H3/t11?,12-,17+/m0/s1. The van der Waals surface area contributed by atoms with E-state index < -0.39 is 5.60 Å². The summed E-state index contributed by atoms with van der Waals surface area (Å²) in [7, 11) is 1.63. The van der Waals surface area contributed by atoms with Crippen molar-refractivity contribution in [1.29, 1.82) is 0 Å². The van der Waals surface area contributed by atoms with Gasteiger partial charge in [0.15, 0.2) is 0 Å². The predicted octanol–water partition coefficient (Wildman–Crippen LogP) is 1.54. The van der Waals surface area contributed by atoms with E-state index in [2.05, 4.69) is 0 Å². The summed E-state index contributed by atoms with van der Waals surface area (Å²) in [6.45, 7) is 1.93. The first-order chi connectivity index (χ1) is 10.6. The van der Waals surface area contributed by atoms with Gasteiger partial charge in [-0.3, -0.25) is 4.79 Å². The molecule has 0 bridgehead atoms. The van der Waals surface area contributed by atoms with E-state index in [1.807, 2.05) is 23.1 Å². The normalized spacial score (nSPS) is 32.0. The van der Waals surface area contributed by atoms with Gasteiger partial charge in [-0.2, -0.15) is 0 Å². The fourth-order valence-electron chi connectivity index (χ4n) is 3.71. The molecule has 1 aromatic carbocycles. The Morgan fingerprint density at radius 1 is 1.55 bits per heavy atom. The second-order valence-corrected chi connectivity index (χ2v) is 6.71. The first-order valence-electron chi connectivity index (χ1n) is 7.90. The van der Waals surface area contributed by atoms with Crippen molar-refractivity contribution in [3.8, 4) is 11.5 Å². The number of benzene rings is 1. The van der Waals surface area contributed by atoms with Crippen LogP contribution in [-0.2, 0) is 4.79 Å². The highest BCUT2D eigenvalue weighted by Gasteiger charge is 2.56. The van der Waals surface area contributed by atoms with E-state index in [1.165, 1.54) is 0 Å². The Kier molecular flexibility index (Phi) is 3.08. The Bertz CT molecular complexity index is 617. The number of rotatable bonds is 3. The molecule has 1 aromatic rings. The van der Waals surface area contributed by atoms with Crippen LogP contribution in [0.25, 0.3) is 0 Å². The lowest BCUT2D eigenvalue weighted by Gasteiger charge is -2.30. The molecule has 0 spiro atoms. The van der Waals surface area contributed by atoms with Crippen LogP contribution in [0.15, 0.2) is 18.2 Å². The zero-order valence-electron chi connectivity index (χ0n) is 12.7. The van der Waals surface area contributed by atoms with Crippen molar-refractivity contribution in [2.24, 2.45) is 5.92 Å². The first kappa shape index (κ1) is 13.9. The quantitative estimate of drug-likeness (QED) is 0.920. The summed E-state index contributed by atoms with van der Waals surface area (Å²) in [4.78, 5) is 14.4. The highest BCUT2D eigenvalue weighted by Crippen LogP contribution is 2.49. The molecule has 118 valence electrons. The average Bonchev–Trinajstić information content (AvgIpc) is 3.06. The summed E-state index contributed by atoms with van der Waals surface area (Å²) in [6, 6.07) is 5.79. The van der Waals surface area contributed by atoms with Gasteiger partial charge in [-0.1, -0.05) is 6.07 Å². The van der Waals surface area contributed by atoms with Gasteiger partial charge in [0, 0.05) is 43.0 Å². The number of fused-ring (bicyclic) bond motifs is 2. The third-order valence-electron chi connectivity index (χ3n) is 5.33. The number of nitrogens with zero attached hydrogens (tertiary/aromatic N) is 1. The molecule has 3 atom stereocenters. The van der Waals surface area contributed by atoms with Crippen molar-refractivity contribution in [3.63, 3.8) is 0 Å². The fraction of sp³-hybridized carbons (Fsp3) is 0.588. The molecule has 1 N–H and O–H groups in total. The summed E-state index contributed by atoms with van der Waals surface area (Å²) in [5.41, 5.74) is 0.630. The van der Waals surface area contributed by atoms with Crippen molar-refractivity contribution in [1.82, 2.24) is 4.90 Å². The highest BCUT2D eigenvalue weighted by molar-refractivity contribution is 5.78. The maximum Gasteiger partial charge on any atom is 0.223 e. The first-order valence-corrected chi connectivity index (χ1v) is 7.90. The molecule has 1 amide bonds. The van der Waals surface area contributed by atoms with Crippen LogP contribution >= 0.6 is 0 Å². The average molecular weight is 303 g/mol. The number of piperidine rings is 1. The lowest BCUT2D eigenvalue weighted by atomic mass is 9.96. The predicted molar refractivity (Wildman–Crippen MR) is 80.1 cm³/mol. The van der Waals surface area contributed by atoms with Crippen molar-refractivity contribution in [3.05, 3.63) is 23.8 Å². The maximum atomic E-state index is 12.5. The zero-order chi connectivity index (χ0) is 15.3. The van der Waals surface area contributed by atoms with Crippen LogP contribution in [0.3, 0.4) is 0 Å². The largest absolute Gasteiger partial charge is 0.497 e. The molecule has 3 aliphatic rings. The summed E-state index contributed by atoms with van der Waals surface area (Å²) in [6.07, 6.45) is 2.05. The monoisotopic (exact) mass is 303 g/mol. The number of carbonyl (C=O) groups is 1. The third-order valence-corrected chi connectivity index (χ3v) is 5.33. The Morgan fingerprint density at radius 3 is 3.18 bits per heavy atom. The molecule has 1 unspecified atom stereocenters.